The van der Waals surface area contributed by atoms with Gasteiger partial charge in [0.1, 0.15) is 11.6 Å². The highest BCUT2D eigenvalue weighted by Crippen LogP contribution is 2.61. The molecule has 4 saturated carbocycles. The monoisotopic (exact) mass is 350 g/mol. The van der Waals surface area contributed by atoms with Gasteiger partial charge < -0.3 is 0 Å². The summed E-state index contributed by atoms with van der Waals surface area (Å²) in [5.41, 5.74) is 0. The second-order valence-electron chi connectivity index (χ2n) is 10.4. The summed E-state index contributed by atoms with van der Waals surface area (Å²) in [4.78, 5) is 26.3. The largest absolute Gasteiger partial charge is 0.299 e. The van der Waals surface area contributed by atoms with Crippen molar-refractivity contribution in [3.8, 4) is 0 Å². The quantitative estimate of drug-likeness (QED) is 0.711. The third-order valence-corrected chi connectivity index (χ3v) is 9.70. The second-order valence-corrected chi connectivity index (χ2v) is 10.4. The minimum Gasteiger partial charge on any atom is -0.299 e. The normalized spacial score (nSPS) is 58.2. The van der Waals surface area contributed by atoms with Crippen molar-refractivity contribution in [1.29, 1.82) is 0 Å². The third-order valence-electron chi connectivity index (χ3n) is 9.70. The topological polar surface area (TPSA) is 34.1 Å². The van der Waals surface area contributed by atoms with Crippen molar-refractivity contribution in [2.24, 2.45) is 71.0 Å². The fourth-order valence-electron chi connectivity index (χ4n) is 8.67. The highest BCUT2D eigenvalue weighted by atomic mass is 16.1. The average Bonchev–Trinajstić information content (AvgIpc) is 3.43. The first kappa shape index (κ1) is 15.8. The minimum absolute atomic E-state index is 0.213. The first-order chi connectivity index (χ1) is 12.6. The molecule has 0 aromatic carbocycles. The van der Waals surface area contributed by atoms with Crippen molar-refractivity contribution in [2.75, 3.05) is 0 Å². The van der Waals surface area contributed by atoms with Crippen LogP contribution in [0.5, 0.6) is 0 Å². The number of hydrogen-bond acceptors (Lipinski definition) is 2. The van der Waals surface area contributed by atoms with Gasteiger partial charge in [-0.1, -0.05) is 38.2 Å². The van der Waals surface area contributed by atoms with Crippen molar-refractivity contribution in [1.82, 2.24) is 0 Å². The van der Waals surface area contributed by atoms with E-state index in [-0.39, 0.29) is 11.8 Å². The van der Waals surface area contributed by atoms with Gasteiger partial charge in [-0.05, 0) is 73.0 Å². The summed E-state index contributed by atoms with van der Waals surface area (Å²) < 4.78 is 0. The van der Waals surface area contributed by atoms with Gasteiger partial charge in [0, 0.05) is 23.7 Å². The van der Waals surface area contributed by atoms with E-state index in [0.717, 1.165) is 12.8 Å². The lowest BCUT2D eigenvalue weighted by Crippen LogP contribution is -2.24. The summed E-state index contributed by atoms with van der Waals surface area (Å²) in [5, 5.41) is 0. The summed E-state index contributed by atoms with van der Waals surface area (Å²) in [7, 11) is 0. The molecular formula is C24H30O2. The van der Waals surface area contributed by atoms with E-state index in [4.69, 9.17) is 0 Å². The number of carbonyl (C=O) groups is 2. The van der Waals surface area contributed by atoms with Crippen LogP contribution in [0.15, 0.2) is 24.3 Å². The summed E-state index contributed by atoms with van der Waals surface area (Å²) in [5.74, 6) is 6.70. The number of rotatable bonds is 3. The first-order valence-electron chi connectivity index (χ1n) is 11.0. The molecule has 12 atom stereocenters. The maximum Gasteiger partial charge on any atom is 0.140 e. The molecule has 6 aliphatic carbocycles. The molecule has 26 heavy (non-hydrogen) atoms. The molecule has 0 aromatic heterocycles. The van der Waals surface area contributed by atoms with Crippen molar-refractivity contribution in [3.63, 3.8) is 0 Å². The van der Waals surface area contributed by atoms with Crippen LogP contribution in [0.3, 0.4) is 0 Å². The predicted octanol–water partition coefficient (Wildman–Crippen LogP) is 4.31. The Balaban J connectivity index is 1.17. The van der Waals surface area contributed by atoms with Crippen LogP contribution in [0.2, 0.25) is 0 Å². The number of hydrogen-bond donors (Lipinski definition) is 0. The van der Waals surface area contributed by atoms with Gasteiger partial charge in [0.2, 0.25) is 0 Å². The van der Waals surface area contributed by atoms with Gasteiger partial charge in [0.05, 0.1) is 0 Å². The zero-order valence-corrected chi connectivity index (χ0v) is 15.9. The van der Waals surface area contributed by atoms with Crippen LogP contribution in [0.4, 0.5) is 0 Å². The molecular weight excluding hydrogens is 320 g/mol. The number of allylic oxidation sites excluding steroid dienone is 4. The molecule has 0 radical (unpaired) electrons. The van der Waals surface area contributed by atoms with Gasteiger partial charge in [0.25, 0.3) is 0 Å². The zero-order chi connectivity index (χ0) is 17.7. The van der Waals surface area contributed by atoms with Crippen LogP contribution >= 0.6 is 0 Å². The maximum absolute atomic E-state index is 13.1. The Kier molecular flexibility index (Phi) is 3.17. The van der Waals surface area contributed by atoms with Crippen molar-refractivity contribution in [2.45, 2.75) is 39.5 Å². The van der Waals surface area contributed by atoms with E-state index in [1.807, 2.05) is 0 Å². The van der Waals surface area contributed by atoms with E-state index in [9.17, 15) is 9.59 Å². The predicted molar refractivity (Wildman–Crippen MR) is 100.0 cm³/mol. The SMILES string of the molecule is CC1C(CCC2C(=O)C3C4C=CC(C4)C3C2C)C(=O)C2C3C=CC(C3)C12. The number of carbonyl (C=O) groups excluding carboxylic acids is 2. The molecule has 4 bridgehead atoms. The highest BCUT2D eigenvalue weighted by molar-refractivity contribution is 5.89. The molecule has 138 valence electrons. The van der Waals surface area contributed by atoms with Gasteiger partial charge in [-0.25, -0.2) is 0 Å². The molecule has 0 amide bonds. The molecule has 0 heterocycles. The molecule has 6 aliphatic rings. The summed E-state index contributed by atoms with van der Waals surface area (Å²) >= 11 is 0. The molecule has 0 N–H and O–H groups in total. The summed E-state index contributed by atoms with van der Waals surface area (Å²) in [6.45, 7) is 4.64. The Labute approximate surface area is 156 Å². The average molecular weight is 351 g/mol. The number of Topliss-reactive ketones (excluding diaryl/α,β-unsaturated/α-hetero) is 2. The lowest BCUT2D eigenvalue weighted by atomic mass is 9.78. The van der Waals surface area contributed by atoms with Gasteiger partial charge in [0.15, 0.2) is 0 Å². The Morgan fingerprint density at radius 3 is 1.46 bits per heavy atom. The van der Waals surface area contributed by atoms with E-state index in [1.165, 1.54) is 12.8 Å². The molecule has 2 heteroatoms. The van der Waals surface area contributed by atoms with Crippen molar-refractivity contribution < 1.29 is 9.59 Å². The van der Waals surface area contributed by atoms with Crippen LogP contribution in [-0.2, 0) is 9.59 Å². The Hall–Kier alpha value is -1.18. The standard InChI is InChI=1S/C24H30O2/c1-11-17(23(25)21-15-5-3-13(9-15)19(11)21)7-8-18-12(2)20-14-4-6-16(10-14)22(20)24(18)26/h3-6,11-22H,7-10H2,1-2H3. The van der Waals surface area contributed by atoms with E-state index < -0.39 is 0 Å². The Morgan fingerprint density at radius 1 is 0.692 bits per heavy atom. The van der Waals surface area contributed by atoms with Crippen LogP contribution in [-0.4, -0.2) is 11.6 Å². The van der Waals surface area contributed by atoms with Crippen LogP contribution < -0.4 is 0 Å². The van der Waals surface area contributed by atoms with Crippen LogP contribution in [0, 0.1) is 71.0 Å². The molecule has 0 aliphatic heterocycles. The molecule has 0 saturated heterocycles. The third kappa shape index (κ3) is 1.79. The molecule has 2 nitrogen and oxygen atoms in total. The minimum atomic E-state index is 0.213. The molecule has 0 aromatic rings. The van der Waals surface area contributed by atoms with Crippen molar-refractivity contribution in [3.05, 3.63) is 24.3 Å². The molecule has 0 spiro atoms. The summed E-state index contributed by atoms with van der Waals surface area (Å²) in [6, 6.07) is 0. The lowest BCUT2D eigenvalue weighted by molar-refractivity contribution is -0.127. The fourth-order valence-corrected chi connectivity index (χ4v) is 8.67. The molecule has 12 unspecified atom stereocenters. The fraction of sp³-hybridized carbons (Fsp3) is 0.750. The van der Waals surface area contributed by atoms with Gasteiger partial charge in [-0.3, -0.25) is 9.59 Å². The Morgan fingerprint density at radius 2 is 1.08 bits per heavy atom. The van der Waals surface area contributed by atoms with Gasteiger partial charge in [-0.15, -0.1) is 0 Å². The number of ketones is 2. The number of fused-ring (bicyclic) bond motifs is 10. The highest BCUT2D eigenvalue weighted by Gasteiger charge is 2.60. The first-order valence-corrected chi connectivity index (χ1v) is 11.0. The second kappa shape index (κ2) is 5.20. The smallest absolute Gasteiger partial charge is 0.140 e. The molecule has 6 rings (SSSR count). The van der Waals surface area contributed by atoms with Crippen molar-refractivity contribution >= 4 is 11.6 Å². The van der Waals surface area contributed by atoms with E-state index in [0.29, 0.717) is 70.7 Å². The van der Waals surface area contributed by atoms with E-state index in [1.54, 1.807) is 0 Å². The van der Waals surface area contributed by atoms with Gasteiger partial charge >= 0.3 is 0 Å². The van der Waals surface area contributed by atoms with Crippen LogP contribution in [0.1, 0.15) is 39.5 Å². The summed E-state index contributed by atoms with van der Waals surface area (Å²) in [6.07, 6.45) is 13.7. The van der Waals surface area contributed by atoms with E-state index >= 15 is 0 Å². The van der Waals surface area contributed by atoms with E-state index in [2.05, 4.69) is 38.2 Å². The van der Waals surface area contributed by atoms with Crippen LogP contribution in [0.25, 0.3) is 0 Å². The molecule has 4 fully saturated rings. The zero-order valence-electron chi connectivity index (χ0n) is 15.9. The lowest BCUT2D eigenvalue weighted by Gasteiger charge is -2.25. The van der Waals surface area contributed by atoms with Gasteiger partial charge in [-0.2, -0.15) is 0 Å². The Bertz CT molecular complexity index is 670. The maximum atomic E-state index is 13.1.